The van der Waals surface area contributed by atoms with Gasteiger partial charge in [-0.15, -0.1) is 0 Å². The molecule has 0 atom stereocenters. The molecule has 1 N–H and O–H groups in total. The Morgan fingerprint density at radius 1 is 0.962 bits per heavy atom. The average molecular weight is 373 g/mol. The summed E-state index contributed by atoms with van der Waals surface area (Å²) in [5.41, 5.74) is 3.17. The van der Waals surface area contributed by atoms with Crippen LogP contribution in [0.15, 0.2) is 47.4 Å². The second kappa shape index (κ2) is 7.37. The number of nitrogens with one attached hydrogen (secondary N) is 1. The van der Waals surface area contributed by atoms with Crippen molar-refractivity contribution in [2.45, 2.75) is 18.7 Å². The highest BCUT2D eigenvalue weighted by molar-refractivity contribution is 7.92. The lowest BCUT2D eigenvalue weighted by atomic mass is 10.2. The fraction of sp³-hybridized carbons (Fsp3) is 0.316. The topological polar surface area (TPSA) is 69.7 Å². The van der Waals surface area contributed by atoms with Crippen molar-refractivity contribution in [2.75, 3.05) is 35.8 Å². The van der Waals surface area contributed by atoms with Crippen molar-refractivity contribution in [3.63, 3.8) is 0 Å². The first kappa shape index (κ1) is 18.3. The van der Waals surface area contributed by atoms with Crippen molar-refractivity contribution in [2.24, 2.45) is 0 Å². The second-order valence-electron chi connectivity index (χ2n) is 6.55. The Hall–Kier alpha value is -2.54. The van der Waals surface area contributed by atoms with Crippen LogP contribution in [0.2, 0.25) is 0 Å². The van der Waals surface area contributed by atoms with Crippen LogP contribution in [0.4, 0.5) is 11.4 Å². The Labute approximate surface area is 154 Å². The van der Waals surface area contributed by atoms with Gasteiger partial charge in [-0.3, -0.25) is 9.52 Å². The highest BCUT2D eigenvalue weighted by atomic mass is 32.2. The van der Waals surface area contributed by atoms with Gasteiger partial charge in [-0.2, -0.15) is 0 Å². The molecule has 0 saturated carbocycles. The number of carbonyl (C=O) groups excluding carboxylic acids is 1. The number of hydrogen-bond donors (Lipinski definition) is 1. The molecule has 1 heterocycles. The molecule has 0 aliphatic carbocycles. The molecule has 0 bridgehead atoms. The van der Waals surface area contributed by atoms with E-state index in [9.17, 15) is 13.2 Å². The van der Waals surface area contributed by atoms with Gasteiger partial charge in [0.25, 0.3) is 10.0 Å². The van der Waals surface area contributed by atoms with Crippen molar-refractivity contribution < 1.29 is 13.2 Å². The van der Waals surface area contributed by atoms with Gasteiger partial charge in [0, 0.05) is 37.6 Å². The van der Waals surface area contributed by atoms with E-state index >= 15 is 0 Å². The van der Waals surface area contributed by atoms with E-state index in [0.717, 1.165) is 30.8 Å². The van der Waals surface area contributed by atoms with Crippen LogP contribution >= 0.6 is 0 Å². The van der Waals surface area contributed by atoms with Gasteiger partial charge in [0.05, 0.1) is 4.90 Å². The molecule has 7 heteroatoms. The van der Waals surface area contributed by atoms with E-state index in [1.807, 2.05) is 31.2 Å². The maximum absolute atomic E-state index is 12.7. The quantitative estimate of drug-likeness (QED) is 0.817. The van der Waals surface area contributed by atoms with Gasteiger partial charge in [0.1, 0.15) is 0 Å². The van der Waals surface area contributed by atoms with Crippen LogP contribution < -0.4 is 9.62 Å². The van der Waals surface area contributed by atoms with E-state index in [1.165, 1.54) is 0 Å². The zero-order valence-corrected chi connectivity index (χ0v) is 15.8. The zero-order chi connectivity index (χ0) is 18.7. The number of carbonyl (C=O) groups is 1. The number of sulfonamides is 1. The monoisotopic (exact) mass is 373 g/mol. The summed E-state index contributed by atoms with van der Waals surface area (Å²) < 4.78 is 28.0. The molecule has 0 unspecified atom stereocenters. The highest BCUT2D eigenvalue weighted by Crippen LogP contribution is 2.23. The molecule has 1 saturated heterocycles. The summed E-state index contributed by atoms with van der Waals surface area (Å²) in [5, 5.41) is 0. The standard InChI is InChI=1S/C19H23N3O3S/c1-15-3-4-16(2)19(13-15)26(24,25)20-17-5-7-18(8-6-17)22-11-9-21(14-23)10-12-22/h3-8,13-14,20H,9-12H2,1-2H3. The van der Waals surface area contributed by atoms with E-state index in [4.69, 9.17) is 0 Å². The SMILES string of the molecule is Cc1ccc(C)c(S(=O)(=O)Nc2ccc(N3CCN(C=O)CC3)cc2)c1. The van der Waals surface area contributed by atoms with Crippen molar-refractivity contribution in [1.82, 2.24) is 4.90 Å². The predicted octanol–water partition coefficient (Wildman–Crippen LogP) is 2.38. The molecule has 0 spiro atoms. The van der Waals surface area contributed by atoms with E-state index in [2.05, 4.69) is 9.62 Å². The molecule has 2 aromatic carbocycles. The molecule has 26 heavy (non-hydrogen) atoms. The lowest BCUT2D eigenvalue weighted by Crippen LogP contribution is -2.45. The number of nitrogens with zero attached hydrogens (tertiary/aromatic N) is 2. The summed E-state index contributed by atoms with van der Waals surface area (Å²) >= 11 is 0. The Bertz CT molecular complexity index is 887. The molecule has 6 nitrogen and oxygen atoms in total. The summed E-state index contributed by atoms with van der Waals surface area (Å²) in [6.07, 6.45) is 0.877. The third kappa shape index (κ3) is 3.99. The molecule has 1 aliphatic rings. The largest absolute Gasteiger partial charge is 0.368 e. The Balaban J connectivity index is 1.73. The summed E-state index contributed by atoms with van der Waals surface area (Å²) in [5.74, 6) is 0. The van der Waals surface area contributed by atoms with Gasteiger partial charge < -0.3 is 9.80 Å². The van der Waals surface area contributed by atoms with Crippen molar-refractivity contribution in [3.05, 3.63) is 53.6 Å². The van der Waals surface area contributed by atoms with Gasteiger partial charge in [-0.05, 0) is 55.3 Å². The molecular formula is C19H23N3O3S. The molecule has 1 aliphatic heterocycles. The summed E-state index contributed by atoms with van der Waals surface area (Å²) in [6, 6.07) is 12.7. The number of hydrogen-bond acceptors (Lipinski definition) is 4. The van der Waals surface area contributed by atoms with Crippen molar-refractivity contribution >= 4 is 27.8 Å². The Morgan fingerprint density at radius 3 is 2.23 bits per heavy atom. The van der Waals surface area contributed by atoms with Gasteiger partial charge in [0.2, 0.25) is 6.41 Å². The maximum Gasteiger partial charge on any atom is 0.262 e. The van der Waals surface area contributed by atoms with E-state index in [0.29, 0.717) is 29.2 Å². The molecule has 1 fully saturated rings. The zero-order valence-electron chi connectivity index (χ0n) is 15.0. The summed E-state index contributed by atoms with van der Waals surface area (Å²) in [4.78, 5) is 15.0. The molecule has 0 aromatic heterocycles. The molecular weight excluding hydrogens is 350 g/mol. The van der Waals surface area contributed by atoms with Crippen LogP contribution in [0.1, 0.15) is 11.1 Å². The molecule has 1 amide bonds. The minimum absolute atomic E-state index is 0.298. The molecule has 3 rings (SSSR count). The van der Waals surface area contributed by atoms with Crippen LogP contribution in [0.5, 0.6) is 0 Å². The lowest BCUT2D eigenvalue weighted by molar-refractivity contribution is -0.118. The molecule has 2 aromatic rings. The second-order valence-corrected chi connectivity index (χ2v) is 8.20. The molecule has 0 radical (unpaired) electrons. The van der Waals surface area contributed by atoms with Gasteiger partial charge in [-0.1, -0.05) is 12.1 Å². The summed E-state index contributed by atoms with van der Waals surface area (Å²) in [6.45, 7) is 6.60. The van der Waals surface area contributed by atoms with Crippen molar-refractivity contribution in [3.8, 4) is 0 Å². The van der Waals surface area contributed by atoms with E-state index in [1.54, 1.807) is 30.0 Å². The van der Waals surface area contributed by atoms with E-state index in [-0.39, 0.29) is 0 Å². The summed E-state index contributed by atoms with van der Waals surface area (Å²) in [7, 11) is -3.62. The third-order valence-electron chi connectivity index (χ3n) is 4.58. The van der Waals surface area contributed by atoms with Crippen LogP contribution in [0.3, 0.4) is 0 Å². The predicted molar refractivity (Wildman–Crippen MR) is 103 cm³/mol. The lowest BCUT2D eigenvalue weighted by Gasteiger charge is -2.34. The Morgan fingerprint density at radius 2 is 1.62 bits per heavy atom. The first-order chi connectivity index (χ1) is 12.4. The van der Waals surface area contributed by atoms with Crippen LogP contribution in [0.25, 0.3) is 0 Å². The number of aryl methyl sites for hydroxylation is 2. The first-order valence-electron chi connectivity index (χ1n) is 8.53. The number of piperazine rings is 1. The van der Waals surface area contributed by atoms with Gasteiger partial charge >= 0.3 is 0 Å². The highest BCUT2D eigenvalue weighted by Gasteiger charge is 2.18. The number of rotatable bonds is 5. The first-order valence-corrected chi connectivity index (χ1v) is 10.0. The number of amides is 1. The van der Waals surface area contributed by atoms with Crippen LogP contribution in [-0.4, -0.2) is 45.9 Å². The Kier molecular flexibility index (Phi) is 5.18. The van der Waals surface area contributed by atoms with Crippen LogP contribution in [-0.2, 0) is 14.8 Å². The average Bonchev–Trinajstić information content (AvgIpc) is 2.64. The smallest absolute Gasteiger partial charge is 0.262 e. The van der Waals surface area contributed by atoms with Crippen LogP contribution in [0, 0.1) is 13.8 Å². The third-order valence-corrected chi connectivity index (χ3v) is 6.10. The normalized spacial score (nSPS) is 15.0. The van der Waals surface area contributed by atoms with Crippen molar-refractivity contribution in [1.29, 1.82) is 0 Å². The van der Waals surface area contributed by atoms with Gasteiger partial charge in [-0.25, -0.2) is 8.42 Å². The fourth-order valence-electron chi connectivity index (χ4n) is 3.03. The number of anilines is 2. The maximum atomic E-state index is 12.7. The molecule has 138 valence electrons. The number of benzene rings is 2. The fourth-order valence-corrected chi connectivity index (χ4v) is 4.42. The minimum atomic E-state index is -3.62. The minimum Gasteiger partial charge on any atom is -0.368 e. The van der Waals surface area contributed by atoms with E-state index < -0.39 is 10.0 Å². The van der Waals surface area contributed by atoms with Gasteiger partial charge in [0.15, 0.2) is 0 Å².